The summed E-state index contributed by atoms with van der Waals surface area (Å²) in [6.07, 6.45) is 10.4. The molecule has 144 valence electrons. The lowest BCUT2D eigenvalue weighted by Gasteiger charge is -2.26. The second-order valence-corrected chi connectivity index (χ2v) is 7.53. The van der Waals surface area contributed by atoms with Gasteiger partial charge in [0.1, 0.15) is 5.75 Å². The van der Waals surface area contributed by atoms with Crippen LogP contribution in [0.25, 0.3) is 0 Å². The normalized spacial score (nSPS) is 15.3. The van der Waals surface area contributed by atoms with Gasteiger partial charge in [0.15, 0.2) is 16.8 Å². The minimum Gasteiger partial charge on any atom is -0.546 e. The molecule has 27 heavy (non-hydrogen) atoms. The number of nitrogens with one attached hydrogen (secondary N) is 1. The third-order valence-electron chi connectivity index (χ3n) is 4.54. The highest BCUT2D eigenvalue weighted by atomic mass is 32.2. The number of terminal acetylenes is 1. The summed E-state index contributed by atoms with van der Waals surface area (Å²) in [7, 11) is 0. The molecule has 1 atom stereocenters. The lowest BCUT2D eigenvalue weighted by Crippen LogP contribution is -2.29. The van der Waals surface area contributed by atoms with Gasteiger partial charge < -0.3 is 14.6 Å². The Balaban J connectivity index is 1.40. The summed E-state index contributed by atoms with van der Waals surface area (Å²) in [5, 5.41) is 3.14. The van der Waals surface area contributed by atoms with E-state index in [4.69, 9.17) is 11.2 Å². The van der Waals surface area contributed by atoms with Crippen LogP contribution in [0.4, 0.5) is 5.82 Å². The minimum absolute atomic E-state index is 0.331. The van der Waals surface area contributed by atoms with Crippen LogP contribution < -0.4 is 10.1 Å². The molecule has 3 rings (SSSR count). The van der Waals surface area contributed by atoms with E-state index in [1.807, 2.05) is 6.07 Å². The van der Waals surface area contributed by atoms with E-state index in [-0.39, 0.29) is 0 Å². The molecule has 1 saturated heterocycles. The molecule has 0 amide bonds. The van der Waals surface area contributed by atoms with E-state index in [0.717, 1.165) is 18.7 Å². The van der Waals surface area contributed by atoms with Crippen molar-refractivity contribution in [2.24, 2.45) is 0 Å². The molecule has 1 aliphatic heterocycles. The number of anilines is 1. The summed E-state index contributed by atoms with van der Waals surface area (Å²) >= 11 is -1.54. The summed E-state index contributed by atoms with van der Waals surface area (Å²) in [4.78, 5) is 2.51. The van der Waals surface area contributed by atoms with E-state index >= 15 is 0 Å². The van der Waals surface area contributed by atoms with Crippen molar-refractivity contribution in [2.75, 3.05) is 31.6 Å². The van der Waals surface area contributed by atoms with Crippen LogP contribution in [0.1, 0.15) is 36.9 Å². The lowest BCUT2D eigenvalue weighted by atomic mass is 10.1. The maximum atomic E-state index is 11.4. The topological polar surface area (TPSA) is 73.3 Å². The van der Waals surface area contributed by atoms with Crippen molar-refractivity contribution in [2.45, 2.75) is 38.6 Å². The van der Waals surface area contributed by atoms with Crippen molar-refractivity contribution >= 4 is 17.0 Å². The second-order valence-electron chi connectivity index (χ2n) is 6.70. The van der Waals surface area contributed by atoms with Crippen LogP contribution in [0, 0.1) is 12.3 Å². The number of aromatic nitrogens is 2. The summed E-state index contributed by atoms with van der Waals surface area (Å²) in [5.41, 5.74) is 1.88. The first-order chi connectivity index (χ1) is 13.2. The molecule has 0 aliphatic carbocycles. The van der Waals surface area contributed by atoms with Gasteiger partial charge in [-0.05, 0) is 54.4 Å². The van der Waals surface area contributed by atoms with Crippen molar-refractivity contribution in [3.63, 3.8) is 0 Å². The van der Waals surface area contributed by atoms with Crippen molar-refractivity contribution < 1.29 is 9.29 Å². The van der Waals surface area contributed by atoms with Gasteiger partial charge in [-0.1, -0.05) is 24.5 Å². The smallest absolute Gasteiger partial charge is 0.212 e. The van der Waals surface area contributed by atoms with Gasteiger partial charge in [-0.25, -0.2) is 0 Å². The predicted octanol–water partition coefficient (Wildman–Crippen LogP) is 3.25. The van der Waals surface area contributed by atoms with Gasteiger partial charge in [0.2, 0.25) is 5.82 Å². The standard InChI is InChI=1S/C20H26N4O2S/c1-2-8-19-20(23-27(25)22-19)21-11-7-14-26-18-10-6-9-17(15-18)16-24-12-4-3-5-13-24/h1,6,9-10,15H,3-5,7-8,11-14,16H2,(H,21,23). The Morgan fingerprint density at radius 3 is 2.93 bits per heavy atom. The minimum atomic E-state index is -1.54. The van der Waals surface area contributed by atoms with Crippen LogP contribution in [0.5, 0.6) is 5.75 Å². The second kappa shape index (κ2) is 10.3. The first kappa shape index (κ1) is 19.6. The molecule has 0 radical (unpaired) electrons. The van der Waals surface area contributed by atoms with E-state index in [9.17, 15) is 4.55 Å². The number of hydrogen-bond acceptors (Lipinski definition) is 6. The molecule has 0 spiro atoms. The SMILES string of the molecule is C#CCc1n[s+]([O-])nc1NCCCOc1cccc(CN2CCCCC2)c1. The third kappa shape index (κ3) is 6.21. The summed E-state index contributed by atoms with van der Waals surface area (Å²) in [5.74, 6) is 3.94. The number of benzene rings is 1. The molecule has 1 fully saturated rings. The molecular formula is C20H26N4O2S. The van der Waals surface area contributed by atoms with Crippen LogP contribution in [-0.2, 0) is 13.0 Å². The number of nitrogens with zero attached hydrogens (tertiary/aromatic N) is 3. The Morgan fingerprint density at radius 2 is 2.11 bits per heavy atom. The summed E-state index contributed by atoms with van der Waals surface area (Å²) in [6, 6.07) is 8.34. The van der Waals surface area contributed by atoms with Crippen molar-refractivity contribution in [3.8, 4) is 18.1 Å². The molecule has 0 bridgehead atoms. The zero-order valence-electron chi connectivity index (χ0n) is 15.5. The van der Waals surface area contributed by atoms with Gasteiger partial charge in [-0.2, -0.15) is 0 Å². The molecule has 1 N–H and O–H groups in total. The van der Waals surface area contributed by atoms with Gasteiger partial charge in [-0.15, -0.1) is 6.42 Å². The monoisotopic (exact) mass is 386 g/mol. The zero-order chi connectivity index (χ0) is 18.9. The molecule has 1 aromatic heterocycles. The maximum absolute atomic E-state index is 11.4. The Hall–Kier alpha value is -2.14. The van der Waals surface area contributed by atoms with Crippen LogP contribution in [0.15, 0.2) is 24.3 Å². The maximum Gasteiger partial charge on any atom is 0.212 e. The van der Waals surface area contributed by atoms with Gasteiger partial charge in [-0.3, -0.25) is 4.90 Å². The molecule has 1 aliphatic rings. The third-order valence-corrected chi connectivity index (χ3v) is 5.25. The Bertz CT molecular complexity index is 766. The predicted molar refractivity (Wildman–Crippen MR) is 107 cm³/mol. The molecule has 2 aromatic rings. The molecule has 6 nitrogen and oxygen atoms in total. The highest BCUT2D eigenvalue weighted by molar-refractivity contribution is 7.14. The highest BCUT2D eigenvalue weighted by Crippen LogP contribution is 2.19. The fourth-order valence-electron chi connectivity index (χ4n) is 3.21. The van der Waals surface area contributed by atoms with Crippen LogP contribution in [0.3, 0.4) is 0 Å². The molecule has 2 heterocycles. The van der Waals surface area contributed by atoms with E-state index in [2.05, 4.69) is 43.1 Å². The number of hydrogen-bond donors (Lipinski definition) is 1. The average Bonchev–Trinajstić information content (AvgIpc) is 3.02. The van der Waals surface area contributed by atoms with Crippen molar-refractivity contribution in [1.29, 1.82) is 0 Å². The first-order valence-electron chi connectivity index (χ1n) is 9.44. The zero-order valence-corrected chi connectivity index (χ0v) is 16.3. The fraction of sp³-hybridized carbons (Fsp3) is 0.500. The van der Waals surface area contributed by atoms with Gasteiger partial charge >= 0.3 is 0 Å². The molecule has 0 saturated carbocycles. The highest BCUT2D eigenvalue weighted by Gasteiger charge is 2.14. The average molecular weight is 387 g/mol. The largest absolute Gasteiger partial charge is 0.546 e. The quantitative estimate of drug-likeness (QED) is 0.405. The Labute approximate surface area is 164 Å². The molecule has 7 heteroatoms. The Kier molecular flexibility index (Phi) is 7.45. The number of ether oxygens (including phenoxy) is 1. The van der Waals surface area contributed by atoms with E-state index in [1.165, 1.54) is 37.9 Å². The summed E-state index contributed by atoms with van der Waals surface area (Å²) in [6.45, 7) is 4.63. The molecular weight excluding hydrogens is 360 g/mol. The van der Waals surface area contributed by atoms with Gasteiger partial charge in [0, 0.05) is 17.5 Å². The lowest BCUT2D eigenvalue weighted by molar-refractivity contribution is 0.220. The van der Waals surface area contributed by atoms with Gasteiger partial charge in [0.05, 0.1) is 13.0 Å². The number of piperidine rings is 1. The first-order valence-corrected chi connectivity index (χ1v) is 10.5. The molecule has 1 unspecified atom stereocenters. The van der Waals surface area contributed by atoms with Crippen LogP contribution >= 0.6 is 11.1 Å². The van der Waals surface area contributed by atoms with E-state index in [1.54, 1.807) is 0 Å². The molecule has 1 aromatic carbocycles. The Morgan fingerprint density at radius 1 is 1.26 bits per heavy atom. The number of likely N-dealkylation sites (tertiary alicyclic amines) is 1. The number of rotatable bonds is 9. The van der Waals surface area contributed by atoms with E-state index in [0.29, 0.717) is 31.1 Å². The van der Waals surface area contributed by atoms with Crippen molar-refractivity contribution in [1.82, 2.24) is 13.6 Å². The van der Waals surface area contributed by atoms with Gasteiger partial charge in [0.25, 0.3) is 0 Å². The van der Waals surface area contributed by atoms with E-state index < -0.39 is 11.1 Å². The van der Waals surface area contributed by atoms with Crippen molar-refractivity contribution in [3.05, 3.63) is 35.5 Å². The fourth-order valence-corrected chi connectivity index (χ4v) is 3.92. The summed E-state index contributed by atoms with van der Waals surface area (Å²) < 4.78 is 25.1. The van der Waals surface area contributed by atoms with Crippen LogP contribution in [0.2, 0.25) is 0 Å². The van der Waals surface area contributed by atoms with Crippen LogP contribution in [-0.4, -0.2) is 44.4 Å².